The molecule has 0 heterocycles. The highest BCUT2D eigenvalue weighted by molar-refractivity contribution is 5.33. The minimum Gasteiger partial charge on any atom is -0.250 e. The van der Waals surface area contributed by atoms with Crippen molar-refractivity contribution in [3.8, 4) is 0 Å². The first-order valence-corrected chi connectivity index (χ1v) is 6.23. The summed E-state index contributed by atoms with van der Waals surface area (Å²) in [5.41, 5.74) is 3.68. The number of rotatable bonds is 6. The van der Waals surface area contributed by atoms with Gasteiger partial charge in [-0.2, -0.15) is 0 Å². The Morgan fingerprint density at radius 2 is 1.88 bits per heavy atom. The first-order valence-electron chi connectivity index (χ1n) is 6.23. The van der Waals surface area contributed by atoms with Gasteiger partial charge in [-0.3, -0.25) is 4.39 Å². The lowest BCUT2D eigenvalue weighted by Gasteiger charge is -2.12. The van der Waals surface area contributed by atoms with Crippen LogP contribution in [0.25, 0.3) is 0 Å². The third-order valence-electron chi connectivity index (χ3n) is 2.96. The van der Waals surface area contributed by atoms with Gasteiger partial charge in [-0.25, -0.2) is 0 Å². The molecule has 0 aromatic heterocycles. The Labute approximate surface area is 98.9 Å². The molecule has 0 saturated carbocycles. The number of benzene rings is 1. The summed E-state index contributed by atoms with van der Waals surface area (Å²) in [4.78, 5) is 0. The van der Waals surface area contributed by atoms with E-state index in [1.165, 1.54) is 24.0 Å². The third-order valence-corrected chi connectivity index (χ3v) is 2.96. The highest BCUT2D eigenvalue weighted by Gasteiger charge is 2.07. The van der Waals surface area contributed by atoms with Crippen LogP contribution in [-0.2, 0) is 12.8 Å². The first-order chi connectivity index (χ1) is 7.71. The van der Waals surface area contributed by atoms with Gasteiger partial charge >= 0.3 is 0 Å². The van der Waals surface area contributed by atoms with Crippen molar-refractivity contribution in [3.63, 3.8) is 0 Å². The molecule has 1 rings (SSSR count). The molecule has 0 fully saturated rings. The summed E-state index contributed by atoms with van der Waals surface area (Å²) >= 11 is 0. The Morgan fingerprint density at radius 3 is 2.44 bits per heavy atom. The van der Waals surface area contributed by atoms with Crippen LogP contribution < -0.4 is 0 Å². The van der Waals surface area contributed by atoms with Crippen molar-refractivity contribution in [2.75, 3.05) is 6.67 Å². The summed E-state index contributed by atoms with van der Waals surface area (Å²) in [7, 11) is 0. The van der Waals surface area contributed by atoms with Gasteiger partial charge in [0.1, 0.15) is 0 Å². The molecular weight excluding hydrogens is 199 g/mol. The molecule has 0 N–H and O–H groups in total. The lowest BCUT2D eigenvalue weighted by Crippen LogP contribution is -1.99. The molecule has 0 aliphatic rings. The SMILES string of the molecule is [CH2]C(CF)c1cc(CC)cc(CCCC)c1. The van der Waals surface area contributed by atoms with Crippen LogP contribution in [0.4, 0.5) is 4.39 Å². The van der Waals surface area contributed by atoms with Crippen LogP contribution in [0.5, 0.6) is 0 Å². The summed E-state index contributed by atoms with van der Waals surface area (Å²) in [5, 5.41) is 0. The Morgan fingerprint density at radius 1 is 1.19 bits per heavy atom. The zero-order chi connectivity index (χ0) is 12.0. The van der Waals surface area contributed by atoms with Crippen molar-refractivity contribution in [2.45, 2.75) is 45.4 Å². The van der Waals surface area contributed by atoms with Crippen LogP contribution in [0.15, 0.2) is 18.2 Å². The second-order valence-electron chi connectivity index (χ2n) is 4.39. The predicted molar refractivity (Wildman–Crippen MR) is 68.5 cm³/mol. The largest absolute Gasteiger partial charge is 0.250 e. The molecule has 1 radical (unpaired) electrons. The van der Waals surface area contributed by atoms with E-state index in [1.807, 2.05) is 0 Å². The molecule has 0 aliphatic heterocycles. The summed E-state index contributed by atoms with van der Waals surface area (Å²) in [6, 6.07) is 6.45. The van der Waals surface area contributed by atoms with Crippen LogP contribution in [0.3, 0.4) is 0 Å². The molecule has 16 heavy (non-hydrogen) atoms. The molecule has 0 nitrogen and oxygen atoms in total. The maximum Gasteiger partial charge on any atom is 0.0962 e. The van der Waals surface area contributed by atoms with Crippen molar-refractivity contribution in [1.82, 2.24) is 0 Å². The third kappa shape index (κ3) is 3.62. The number of hydrogen-bond acceptors (Lipinski definition) is 0. The van der Waals surface area contributed by atoms with Crippen molar-refractivity contribution in [3.05, 3.63) is 41.8 Å². The number of halogens is 1. The number of hydrogen-bond donors (Lipinski definition) is 0. The van der Waals surface area contributed by atoms with Crippen LogP contribution in [-0.4, -0.2) is 6.67 Å². The minimum absolute atomic E-state index is 0.216. The van der Waals surface area contributed by atoms with Gasteiger partial charge in [0, 0.05) is 5.92 Å². The Balaban J connectivity index is 2.91. The number of aryl methyl sites for hydroxylation is 2. The number of unbranched alkanes of at least 4 members (excludes halogenated alkanes) is 1. The van der Waals surface area contributed by atoms with Crippen molar-refractivity contribution < 1.29 is 4.39 Å². The highest BCUT2D eigenvalue weighted by atomic mass is 19.1. The molecule has 0 bridgehead atoms. The molecule has 1 heteroatoms. The monoisotopic (exact) mass is 221 g/mol. The number of alkyl halides is 1. The zero-order valence-electron chi connectivity index (χ0n) is 10.4. The smallest absolute Gasteiger partial charge is 0.0962 e. The van der Waals surface area contributed by atoms with E-state index in [0.717, 1.165) is 18.4 Å². The van der Waals surface area contributed by atoms with Crippen LogP contribution in [0, 0.1) is 6.92 Å². The van der Waals surface area contributed by atoms with Gasteiger partial charge in [-0.15, -0.1) is 0 Å². The summed E-state index contributed by atoms with van der Waals surface area (Å²) in [6.07, 6.45) is 4.49. The van der Waals surface area contributed by atoms with E-state index in [4.69, 9.17) is 0 Å². The summed E-state index contributed by atoms with van der Waals surface area (Å²) < 4.78 is 12.6. The maximum absolute atomic E-state index is 12.6. The Kier molecular flexibility index (Phi) is 5.51. The molecule has 0 aliphatic carbocycles. The van der Waals surface area contributed by atoms with Gasteiger partial charge in [0.25, 0.3) is 0 Å². The highest BCUT2D eigenvalue weighted by Crippen LogP contribution is 2.20. The van der Waals surface area contributed by atoms with E-state index < -0.39 is 0 Å². The second kappa shape index (κ2) is 6.67. The molecule has 1 aromatic carbocycles. The molecule has 1 aromatic rings. The van der Waals surface area contributed by atoms with Gasteiger partial charge in [-0.05, 0) is 42.9 Å². The Bertz CT molecular complexity index is 317. The van der Waals surface area contributed by atoms with Crippen molar-refractivity contribution in [1.29, 1.82) is 0 Å². The Hall–Kier alpha value is -0.850. The molecule has 0 spiro atoms. The van der Waals surface area contributed by atoms with Crippen LogP contribution in [0.1, 0.15) is 49.3 Å². The molecule has 0 saturated heterocycles. The molecular formula is C15H22F. The van der Waals surface area contributed by atoms with Crippen LogP contribution >= 0.6 is 0 Å². The molecule has 1 unspecified atom stereocenters. The normalized spacial score (nSPS) is 12.8. The average molecular weight is 221 g/mol. The zero-order valence-corrected chi connectivity index (χ0v) is 10.4. The van der Waals surface area contributed by atoms with Gasteiger partial charge in [0.05, 0.1) is 6.67 Å². The van der Waals surface area contributed by atoms with E-state index in [2.05, 4.69) is 39.0 Å². The molecule has 89 valence electrons. The topological polar surface area (TPSA) is 0 Å². The van der Waals surface area contributed by atoms with E-state index in [0.29, 0.717) is 0 Å². The summed E-state index contributed by atoms with van der Waals surface area (Å²) in [6.45, 7) is 7.80. The van der Waals surface area contributed by atoms with Gasteiger partial charge in [0.2, 0.25) is 0 Å². The predicted octanol–water partition coefficient (Wildman–Crippen LogP) is 4.48. The maximum atomic E-state index is 12.6. The first kappa shape index (κ1) is 13.2. The van der Waals surface area contributed by atoms with Gasteiger partial charge in [0.15, 0.2) is 0 Å². The molecule has 0 amide bonds. The van der Waals surface area contributed by atoms with E-state index >= 15 is 0 Å². The van der Waals surface area contributed by atoms with Crippen molar-refractivity contribution >= 4 is 0 Å². The van der Waals surface area contributed by atoms with Crippen LogP contribution in [0.2, 0.25) is 0 Å². The quantitative estimate of drug-likeness (QED) is 0.664. The second-order valence-corrected chi connectivity index (χ2v) is 4.39. The van der Waals surface area contributed by atoms with E-state index in [-0.39, 0.29) is 12.6 Å². The van der Waals surface area contributed by atoms with Gasteiger partial charge in [-0.1, -0.05) is 38.5 Å². The van der Waals surface area contributed by atoms with Gasteiger partial charge < -0.3 is 0 Å². The fourth-order valence-corrected chi connectivity index (χ4v) is 1.85. The fourth-order valence-electron chi connectivity index (χ4n) is 1.85. The standard InChI is InChI=1S/C15H22F/c1-4-6-7-14-8-13(5-2)9-15(10-14)12(3)11-16/h8-10,12H,3-7,11H2,1-2H3. The fraction of sp³-hybridized carbons (Fsp3) is 0.533. The van der Waals surface area contributed by atoms with E-state index in [1.54, 1.807) is 0 Å². The average Bonchev–Trinajstić information content (AvgIpc) is 2.34. The minimum atomic E-state index is -0.375. The van der Waals surface area contributed by atoms with E-state index in [9.17, 15) is 4.39 Å². The van der Waals surface area contributed by atoms with Crippen molar-refractivity contribution in [2.24, 2.45) is 0 Å². The lowest BCUT2D eigenvalue weighted by atomic mass is 9.94. The summed E-state index contributed by atoms with van der Waals surface area (Å²) in [5.74, 6) is -0.216. The lowest BCUT2D eigenvalue weighted by molar-refractivity contribution is 0.465. The molecule has 1 atom stereocenters.